The molecular formula is C18H25BN2O6. The number of esters is 1. The van der Waals surface area contributed by atoms with E-state index in [1.54, 1.807) is 19.1 Å². The van der Waals surface area contributed by atoms with E-state index >= 15 is 0 Å². The van der Waals surface area contributed by atoms with E-state index in [2.05, 4.69) is 10.2 Å². The molecule has 2 N–H and O–H groups in total. The van der Waals surface area contributed by atoms with Gasteiger partial charge in [-0.15, -0.1) is 0 Å². The van der Waals surface area contributed by atoms with E-state index in [4.69, 9.17) is 14.1 Å². The molecule has 1 saturated heterocycles. The monoisotopic (exact) mass is 376 g/mol. The first-order valence-corrected chi connectivity index (χ1v) is 9.31. The van der Waals surface area contributed by atoms with E-state index in [-0.39, 0.29) is 18.1 Å². The smallest absolute Gasteiger partial charge is 0.534 e. The van der Waals surface area contributed by atoms with Gasteiger partial charge in [0.1, 0.15) is 17.9 Å². The van der Waals surface area contributed by atoms with Gasteiger partial charge in [-0.25, -0.2) is 4.79 Å². The van der Waals surface area contributed by atoms with Gasteiger partial charge in [0.25, 0.3) is 0 Å². The summed E-state index contributed by atoms with van der Waals surface area (Å²) < 4.78 is 16.2. The van der Waals surface area contributed by atoms with Gasteiger partial charge in [-0.2, -0.15) is 0 Å². The molecule has 2 heterocycles. The number of morpholine rings is 1. The Balaban J connectivity index is 1.61. The Kier molecular flexibility index (Phi) is 6.71. The summed E-state index contributed by atoms with van der Waals surface area (Å²) >= 11 is 0. The van der Waals surface area contributed by atoms with Crippen LogP contribution in [0.1, 0.15) is 29.3 Å². The van der Waals surface area contributed by atoms with Crippen LogP contribution in [0, 0.1) is 0 Å². The molecule has 2 aliphatic rings. The van der Waals surface area contributed by atoms with Gasteiger partial charge in [0.2, 0.25) is 5.91 Å². The molecule has 0 saturated carbocycles. The van der Waals surface area contributed by atoms with Gasteiger partial charge in [0.15, 0.2) is 0 Å². The number of para-hydroxylation sites is 1. The fourth-order valence-electron chi connectivity index (χ4n) is 3.19. The van der Waals surface area contributed by atoms with Crippen molar-refractivity contribution in [1.29, 1.82) is 0 Å². The first-order chi connectivity index (χ1) is 13.1. The van der Waals surface area contributed by atoms with E-state index in [1.165, 1.54) is 0 Å². The number of hydrogen-bond donors (Lipinski definition) is 2. The second kappa shape index (κ2) is 9.21. The molecule has 1 aromatic carbocycles. The number of ether oxygens (including phenoxy) is 2. The predicted octanol–water partition coefficient (Wildman–Crippen LogP) is 0.0250. The summed E-state index contributed by atoms with van der Waals surface area (Å²) in [7, 11) is -1.21. The van der Waals surface area contributed by atoms with Crippen molar-refractivity contribution in [1.82, 2.24) is 10.2 Å². The number of carbonyl (C=O) groups excluding carboxylic acids is 2. The van der Waals surface area contributed by atoms with Crippen molar-refractivity contribution in [2.45, 2.75) is 25.7 Å². The third kappa shape index (κ3) is 5.00. The van der Waals surface area contributed by atoms with Crippen molar-refractivity contribution in [3.63, 3.8) is 0 Å². The van der Waals surface area contributed by atoms with Gasteiger partial charge in [0.05, 0.1) is 19.2 Å². The lowest BCUT2D eigenvalue weighted by molar-refractivity contribution is -0.121. The Bertz CT molecular complexity index is 680. The quantitative estimate of drug-likeness (QED) is 0.534. The predicted molar refractivity (Wildman–Crippen MR) is 98.5 cm³/mol. The minimum Gasteiger partial charge on any atom is -0.534 e. The highest BCUT2D eigenvalue weighted by molar-refractivity contribution is 6.47. The van der Waals surface area contributed by atoms with Gasteiger partial charge < -0.3 is 24.5 Å². The molecule has 0 radical (unpaired) electrons. The Labute approximate surface area is 158 Å². The van der Waals surface area contributed by atoms with E-state index < -0.39 is 19.0 Å². The number of nitrogens with one attached hydrogen (secondary N) is 1. The molecule has 27 heavy (non-hydrogen) atoms. The molecule has 8 nitrogen and oxygen atoms in total. The SMILES string of the molecule is CCC(=O)N[C@H]1Cc2cccc(C(=O)OCCN3CCOCC3)c2OB1O. The van der Waals surface area contributed by atoms with Crippen LogP contribution in [0.3, 0.4) is 0 Å². The first kappa shape index (κ1) is 19.7. The number of hydrogen-bond acceptors (Lipinski definition) is 7. The largest absolute Gasteiger partial charge is 0.547 e. The molecule has 0 aromatic heterocycles. The summed E-state index contributed by atoms with van der Waals surface area (Å²) in [5.41, 5.74) is 1.04. The first-order valence-electron chi connectivity index (χ1n) is 9.31. The Morgan fingerprint density at radius 3 is 2.89 bits per heavy atom. The van der Waals surface area contributed by atoms with Crippen LogP contribution in [-0.4, -0.2) is 74.3 Å². The molecule has 1 fully saturated rings. The molecule has 0 bridgehead atoms. The van der Waals surface area contributed by atoms with E-state index in [9.17, 15) is 14.6 Å². The third-order valence-electron chi connectivity index (χ3n) is 4.75. The van der Waals surface area contributed by atoms with Crippen LogP contribution in [0.25, 0.3) is 0 Å². The maximum atomic E-state index is 12.5. The van der Waals surface area contributed by atoms with Crippen molar-refractivity contribution < 1.29 is 28.7 Å². The highest BCUT2D eigenvalue weighted by atomic mass is 16.5. The number of benzene rings is 1. The summed E-state index contributed by atoms with van der Waals surface area (Å²) in [6, 6.07) is 5.18. The molecule has 1 aromatic rings. The lowest BCUT2D eigenvalue weighted by Gasteiger charge is -2.29. The molecule has 0 aliphatic carbocycles. The van der Waals surface area contributed by atoms with Gasteiger partial charge in [0, 0.05) is 26.1 Å². The molecule has 146 valence electrons. The molecule has 1 amide bonds. The van der Waals surface area contributed by atoms with Crippen molar-refractivity contribution in [3.05, 3.63) is 29.3 Å². The Morgan fingerprint density at radius 2 is 2.15 bits per heavy atom. The number of nitrogens with zero attached hydrogens (tertiary/aromatic N) is 1. The Morgan fingerprint density at radius 1 is 1.37 bits per heavy atom. The van der Waals surface area contributed by atoms with Gasteiger partial charge in [-0.05, 0) is 18.1 Å². The maximum absolute atomic E-state index is 12.5. The zero-order chi connectivity index (χ0) is 19.2. The number of amides is 1. The topological polar surface area (TPSA) is 97.3 Å². The molecule has 9 heteroatoms. The van der Waals surface area contributed by atoms with Crippen molar-refractivity contribution >= 4 is 19.0 Å². The molecule has 0 unspecified atom stereocenters. The van der Waals surface area contributed by atoms with Crippen LogP contribution >= 0.6 is 0 Å². The van der Waals surface area contributed by atoms with Crippen molar-refractivity contribution in [2.75, 3.05) is 39.5 Å². The Hall–Kier alpha value is -2.10. The minimum absolute atomic E-state index is 0.162. The van der Waals surface area contributed by atoms with Crippen LogP contribution in [0.5, 0.6) is 5.75 Å². The van der Waals surface area contributed by atoms with E-state index in [0.717, 1.165) is 18.7 Å². The van der Waals surface area contributed by atoms with Gasteiger partial charge in [-0.1, -0.05) is 19.1 Å². The normalized spacial score (nSPS) is 19.8. The second-order valence-corrected chi connectivity index (χ2v) is 6.62. The van der Waals surface area contributed by atoms with Crippen LogP contribution < -0.4 is 9.97 Å². The fraction of sp³-hybridized carbons (Fsp3) is 0.556. The average molecular weight is 376 g/mol. The molecule has 1 atom stereocenters. The van der Waals surface area contributed by atoms with E-state index in [0.29, 0.717) is 38.3 Å². The van der Waals surface area contributed by atoms with Crippen molar-refractivity contribution in [3.8, 4) is 5.75 Å². The maximum Gasteiger partial charge on any atom is 0.547 e. The molecule has 2 aliphatic heterocycles. The van der Waals surface area contributed by atoms with E-state index in [1.807, 2.05) is 6.07 Å². The lowest BCUT2D eigenvalue weighted by Crippen LogP contribution is -2.53. The highest BCUT2D eigenvalue weighted by Gasteiger charge is 2.37. The van der Waals surface area contributed by atoms with Crippen LogP contribution in [0.4, 0.5) is 0 Å². The minimum atomic E-state index is -1.21. The highest BCUT2D eigenvalue weighted by Crippen LogP contribution is 2.30. The second-order valence-electron chi connectivity index (χ2n) is 6.62. The standard InChI is InChI=1S/C18H25BN2O6/c1-2-16(22)20-15-12-13-4-3-5-14(17(13)27-19(15)24)18(23)26-11-8-21-6-9-25-10-7-21/h3-5,15,24H,2,6-12H2,1H3,(H,20,22)/t15-/m0/s1. The van der Waals surface area contributed by atoms with Gasteiger partial charge in [-0.3, -0.25) is 9.69 Å². The number of carbonyl (C=O) groups is 2. The average Bonchev–Trinajstić information content (AvgIpc) is 2.68. The molecule has 3 rings (SSSR count). The fourth-order valence-corrected chi connectivity index (χ4v) is 3.19. The number of rotatable bonds is 6. The lowest BCUT2D eigenvalue weighted by atomic mass is 9.72. The third-order valence-corrected chi connectivity index (χ3v) is 4.75. The summed E-state index contributed by atoms with van der Waals surface area (Å²) in [5, 5.41) is 12.9. The zero-order valence-electron chi connectivity index (χ0n) is 15.5. The number of fused-ring (bicyclic) bond motifs is 1. The van der Waals surface area contributed by atoms with Gasteiger partial charge >= 0.3 is 13.1 Å². The van der Waals surface area contributed by atoms with Crippen LogP contribution in [0.15, 0.2) is 18.2 Å². The zero-order valence-corrected chi connectivity index (χ0v) is 15.5. The summed E-state index contributed by atoms with van der Waals surface area (Å²) in [6.07, 6.45) is 0.711. The summed E-state index contributed by atoms with van der Waals surface area (Å²) in [5.74, 6) is -0.867. The summed E-state index contributed by atoms with van der Waals surface area (Å²) in [6.45, 7) is 5.73. The summed E-state index contributed by atoms with van der Waals surface area (Å²) in [4.78, 5) is 26.3. The molecule has 0 spiro atoms. The van der Waals surface area contributed by atoms with Crippen molar-refractivity contribution in [2.24, 2.45) is 0 Å². The molecular weight excluding hydrogens is 351 g/mol. The van der Waals surface area contributed by atoms with Crippen LogP contribution in [-0.2, 0) is 20.7 Å². The van der Waals surface area contributed by atoms with Crippen LogP contribution in [0.2, 0.25) is 0 Å².